The largest absolute Gasteiger partial charge is 0.367 e. The Morgan fingerprint density at radius 3 is 2.79 bits per heavy atom. The highest BCUT2D eigenvalue weighted by molar-refractivity contribution is 5.88. The van der Waals surface area contributed by atoms with Crippen LogP contribution < -0.4 is 5.32 Å². The zero-order chi connectivity index (χ0) is 13.5. The van der Waals surface area contributed by atoms with E-state index in [4.69, 9.17) is 0 Å². The highest BCUT2D eigenvalue weighted by Gasteiger charge is 2.06. The van der Waals surface area contributed by atoms with Crippen LogP contribution in [0.25, 0.3) is 10.9 Å². The molecule has 2 rings (SSSR count). The van der Waals surface area contributed by atoms with Crippen LogP contribution in [0.4, 0.5) is 5.82 Å². The Labute approximate surface area is 115 Å². The summed E-state index contributed by atoms with van der Waals surface area (Å²) in [4.78, 5) is 8.65. The first kappa shape index (κ1) is 13.8. The average Bonchev–Trinajstić information content (AvgIpc) is 2.44. The molecule has 1 heterocycles. The second kappa shape index (κ2) is 7.07. The van der Waals surface area contributed by atoms with E-state index in [0.717, 1.165) is 16.7 Å². The first-order valence-electron chi connectivity index (χ1n) is 7.27. The molecular formula is C16H23N3. The zero-order valence-electron chi connectivity index (χ0n) is 11.9. The molecule has 1 aromatic heterocycles. The number of nitrogens with one attached hydrogen (secondary N) is 1. The normalized spacial score (nSPS) is 12.5. The third kappa shape index (κ3) is 3.91. The van der Waals surface area contributed by atoms with Crippen LogP contribution in [-0.2, 0) is 0 Å². The summed E-state index contributed by atoms with van der Waals surface area (Å²) in [5.41, 5.74) is 0.998. The van der Waals surface area contributed by atoms with Crippen molar-refractivity contribution in [1.82, 2.24) is 9.97 Å². The Hall–Kier alpha value is -1.64. The van der Waals surface area contributed by atoms with Crippen molar-refractivity contribution in [1.29, 1.82) is 0 Å². The Bertz CT molecular complexity index is 505. The molecule has 1 N–H and O–H groups in total. The number of hydrogen-bond donors (Lipinski definition) is 1. The first-order valence-corrected chi connectivity index (χ1v) is 7.27. The summed E-state index contributed by atoms with van der Waals surface area (Å²) in [5, 5.41) is 4.61. The van der Waals surface area contributed by atoms with Crippen molar-refractivity contribution in [3.63, 3.8) is 0 Å². The summed E-state index contributed by atoms with van der Waals surface area (Å²) in [6.07, 6.45) is 8.06. The van der Waals surface area contributed by atoms with Gasteiger partial charge in [-0.25, -0.2) is 9.97 Å². The molecule has 0 aliphatic rings. The van der Waals surface area contributed by atoms with Gasteiger partial charge in [0.2, 0.25) is 0 Å². The molecule has 19 heavy (non-hydrogen) atoms. The second-order valence-corrected chi connectivity index (χ2v) is 5.13. The molecule has 1 atom stereocenters. The molecule has 3 heteroatoms. The third-order valence-corrected chi connectivity index (χ3v) is 3.42. The number of hydrogen-bond acceptors (Lipinski definition) is 3. The van der Waals surface area contributed by atoms with Crippen LogP contribution in [0.1, 0.15) is 46.0 Å². The van der Waals surface area contributed by atoms with Crippen LogP contribution in [0, 0.1) is 0 Å². The van der Waals surface area contributed by atoms with E-state index in [2.05, 4.69) is 35.2 Å². The summed E-state index contributed by atoms with van der Waals surface area (Å²) in [6.45, 7) is 4.47. The molecule has 0 amide bonds. The maximum atomic E-state index is 4.37. The van der Waals surface area contributed by atoms with Gasteiger partial charge in [-0.15, -0.1) is 0 Å². The number of para-hydroxylation sites is 1. The Morgan fingerprint density at radius 1 is 1.11 bits per heavy atom. The van der Waals surface area contributed by atoms with Gasteiger partial charge >= 0.3 is 0 Å². The minimum absolute atomic E-state index is 0.454. The van der Waals surface area contributed by atoms with Crippen molar-refractivity contribution < 1.29 is 0 Å². The Morgan fingerprint density at radius 2 is 1.95 bits per heavy atom. The number of fused-ring (bicyclic) bond motifs is 1. The highest BCUT2D eigenvalue weighted by atomic mass is 15.0. The van der Waals surface area contributed by atoms with Gasteiger partial charge in [0.1, 0.15) is 12.1 Å². The number of anilines is 1. The molecule has 0 fully saturated rings. The minimum atomic E-state index is 0.454. The quantitative estimate of drug-likeness (QED) is 0.747. The van der Waals surface area contributed by atoms with Crippen LogP contribution >= 0.6 is 0 Å². The van der Waals surface area contributed by atoms with Crippen LogP contribution in [0.5, 0.6) is 0 Å². The summed E-state index contributed by atoms with van der Waals surface area (Å²) < 4.78 is 0. The highest BCUT2D eigenvalue weighted by Crippen LogP contribution is 2.20. The van der Waals surface area contributed by atoms with Gasteiger partial charge in [-0.1, -0.05) is 44.7 Å². The number of benzene rings is 1. The molecule has 1 aromatic carbocycles. The molecule has 0 saturated carbocycles. The lowest BCUT2D eigenvalue weighted by Gasteiger charge is -2.15. The van der Waals surface area contributed by atoms with Gasteiger partial charge in [-0.05, 0) is 25.5 Å². The van der Waals surface area contributed by atoms with Crippen LogP contribution in [0.2, 0.25) is 0 Å². The predicted molar refractivity (Wildman–Crippen MR) is 81.4 cm³/mol. The van der Waals surface area contributed by atoms with E-state index in [0.29, 0.717) is 6.04 Å². The van der Waals surface area contributed by atoms with Gasteiger partial charge in [0.25, 0.3) is 0 Å². The third-order valence-electron chi connectivity index (χ3n) is 3.42. The topological polar surface area (TPSA) is 37.8 Å². The maximum Gasteiger partial charge on any atom is 0.137 e. The van der Waals surface area contributed by atoms with Crippen LogP contribution in [0.3, 0.4) is 0 Å². The lowest BCUT2D eigenvalue weighted by molar-refractivity contribution is 0.593. The van der Waals surface area contributed by atoms with Gasteiger partial charge < -0.3 is 5.32 Å². The number of unbranched alkanes of at least 4 members (excludes halogenated alkanes) is 3. The fourth-order valence-corrected chi connectivity index (χ4v) is 2.30. The smallest absolute Gasteiger partial charge is 0.137 e. The Kier molecular flexibility index (Phi) is 5.13. The minimum Gasteiger partial charge on any atom is -0.367 e. The molecule has 1 unspecified atom stereocenters. The van der Waals surface area contributed by atoms with Gasteiger partial charge in [-0.3, -0.25) is 0 Å². The summed E-state index contributed by atoms with van der Waals surface area (Å²) in [5.74, 6) is 0.952. The zero-order valence-corrected chi connectivity index (χ0v) is 11.9. The number of nitrogens with zero attached hydrogens (tertiary/aromatic N) is 2. The average molecular weight is 257 g/mol. The maximum absolute atomic E-state index is 4.37. The molecule has 3 nitrogen and oxygen atoms in total. The van der Waals surface area contributed by atoms with Crippen molar-refractivity contribution in [2.45, 2.75) is 52.0 Å². The fraction of sp³-hybridized carbons (Fsp3) is 0.500. The predicted octanol–water partition coefficient (Wildman–Crippen LogP) is 4.40. The molecule has 0 saturated heterocycles. The lowest BCUT2D eigenvalue weighted by Crippen LogP contribution is -2.16. The van der Waals surface area contributed by atoms with E-state index in [9.17, 15) is 0 Å². The SMILES string of the molecule is CCCCCCC(C)Nc1ncnc2ccccc12. The molecule has 0 aliphatic heterocycles. The van der Waals surface area contributed by atoms with E-state index in [1.54, 1.807) is 6.33 Å². The van der Waals surface area contributed by atoms with Crippen molar-refractivity contribution in [2.75, 3.05) is 5.32 Å². The van der Waals surface area contributed by atoms with Gasteiger partial charge in [-0.2, -0.15) is 0 Å². The monoisotopic (exact) mass is 257 g/mol. The Balaban J connectivity index is 1.97. The van der Waals surface area contributed by atoms with Gasteiger partial charge in [0.05, 0.1) is 5.52 Å². The van der Waals surface area contributed by atoms with Crippen LogP contribution in [-0.4, -0.2) is 16.0 Å². The fourth-order valence-electron chi connectivity index (χ4n) is 2.30. The van der Waals surface area contributed by atoms with Crippen molar-refractivity contribution in [3.8, 4) is 0 Å². The molecule has 0 bridgehead atoms. The van der Waals surface area contributed by atoms with Gasteiger partial charge in [0.15, 0.2) is 0 Å². The van der Waals surface area contributed by atoms with Crippen molar-refractivity contribution in [2.24, 2.45) is 0 Å². The standard InChI is InChI=1S/C16H23N3/c1-3-4-5-6-9-13(2)19-16-14-10-7-8-11-15(14)17-12-18-16/h7-8,10-13H,3-6,9H2,1-2H3,(H,17,18,19). The lowest BCUT2D eigenvalue weighted by atomic mass is 10.1. The summed E-state index contributed by atoms with van der Waals surface area (Å²) in [7, 11) is 0. The number of aromatic nitrogens is 2. The van der Waals surface area contributed by atoms with E-state index < -0.39 is 0 Å². The molecule has 0 aliphatic carbocycles. The molecule has 0 radical (unpaired) electrons. The van der Waals surface area contributed by atoms with E-state index in [1.807, 2.05) is 18.2 Å². The molecule has 0 spiro atoms. The van der Waals surface area contributed by atoms with Crippen LogP contribution in [0.15, 0.2) is 30.6 Å². The molecule has 102 valence electrons. The van der Waals surface area contributed by atoms with E-state index >= 15 is 0 Å². The van der Waals surface area contributed by atoms with E-state index in [-0.39, 0.29) is 0 Å². The van der Waals surface area contributed by atoms with E-state index in [1.165, 1.54) is 32.1 Å². The van der Waals surface area contributed by atoms with Crippen molar-refractivity contribution >= 4 is 16.7 Å². The molecular weight excluding hydrogens is 234 g/mol. The summed E-state index contributed by atoms with van der Waals surface area (Å²) >= 11 is 0. The summed E-state index contributed by atoms with van der Waals surface area (Å²) in [6, 6.07) is 8.58. The molecule has 2 aromatic rings. The second-order valence-electron chi connectivity index (χ2n) is 5.13. The first-order chi connectivity index (χ1) is 9.31. The number of rotatable bonds is 7. The van der Waals surface area contributed by atoms with Gasteiger partial charge in [0, 0.05) is 11.4 Å². The van der Waals surface area contributed by atoms with Crippen molar-refractivity contribution in [3.05, 3.63) is 30.6 Å².